The fourth-order valence-corrected chi connectivity index (χ4v) is 1.92. The summed E-state index contributed by atoms with van der Waals surface area (Å²) in [5.74, 6) is -0.390. The Morgan fingerprint density at radius 1 is 1.08 bits per heavy atom. The van der Waals surface area contributed by atoms with E-state index in [1.807, 2.05) is 22.9 Å². The molecule has 0 saturated heterocycles. The molecular weight excluding hydrogens is 302 g/mol. The van der Waals surface area contributed by atoms with E-state index in [1.54, 1.807) is 24.5 Å². The highest BCUT2D eigenvalue weighted by Gasteiger charge is 2.21. The first-order valence-corrected chi connectivity index (χ1v) is 7.92. The maximum atomic E-state index is 10.9. The summed E-state index contributed by atoms with van der Waals surface area (Å²) in [5.41, 5.74) is 6.91. The van der Waals surface area contributed by atoms with Crippen LogP contribution in [0.4, 0.5) is 0 Å². The average Bonchev–Trinajstić information content (AvgIpc) is 2.46. The van der Waals surface area contributed by atoms with E-state index in [9.17, 15) is 9.59 Å². The predicted octanol–water partition coefficient (Wildman–Crippen LogP) is 2.50. The number of aromatic amines is 1. The quantitative estimate of drug-likeness (QED) is 0.788. The molecule has 0 atom stereocenters. The van der Waals surface area contributed by atoms with Gasteiger partial charge in [0.2, 0.25) is 5.56 Å². The van der Waals surface area contributed by atoms with Gasteiger partial charge in [0.1, 0.15) is 5.56 Å². The van der Waals surface area contributed by atoms with E-state index in [-0.39, 0.29) is 16.5 Å². The van der Waals surface area contributed by atoms with Crippen molar-refractivity contribution in [3.8, 4) is 0 Å². The smallest absolute Gasteiger partial charge is 0.254 e. The van der Waals surface area contributed by atoms with Crippen LogP contribution in [-0.4, -0.2) is 10.9 Å². The van der Waals surface area contributed by atoms with E-state index >= 15 is 0 Å². The van der Waals surface area contributed by atoms with Gasteiger partial charge in [0.15, 0.2) is 17.9 Å². The fraction of sp³-hybridized carbons (Fsp3) is 0.421. The number of aromatic nitrogens is 2. The topological polar surface area (TPSA) is 79.8 Å². The molecule has 2 aromatic rings. The Morgan fingerprint density at radius 3 is 2.12 bits per heavy atom. The molecule has 130 valence electrons. The van der Waals surface area contributed by atoms with Crippen LogP contribution in [0.25, 0.3) is 0 Å². The lowest BCUT2D eigenvalue weighted by atomic mass is 9.88. The SMILES string of the molecule is CC(C)(C)[n+]1cccc(C(N)=O)c1.CC(C)(C)c1ccc(=O)[nH]c1. The van der Waals surface area contributed by atoms with Crippen LogP contribution in [0, 0.1) is 0 Å². The monoisotopic (exact) mass is 330 g/mol. The van der Waals surface area contributed by atoms with Crippen LogP contribution < -0.4 is 15.9 Å². The van der Waals surface area contributed by atoms with Crippen molar-refractivity contribution in [1.82, 2.24) is 4.98 Å². The lowest BCUT2D eigenvalue weighted by molar-refractivity contribution is -0.754. The number of nitrogens with one attached hydrogen (secondary N) is 1. The average molecular weight is 330 g/mol. The molecule has 0 unspecified atom stereocenters. The van der Waals surface area contributed by atoms with Gasteiger partial charge < -0.3 is 10.7 Å². The van der Waals surface area contributed by atoms with Gasteiger partial charge in [-0.05, 0) is 17.0 Å². The van der Waals surface area contributed by atoms with Gasteiger partial charge in [-0.2, -0.15) is 4.57 Å². The van der Waals surface area contributed by atoms with E-state index in [0.717, 1.165) is 5.56 Å². The fourth-order valence-electron chi connectivity index (χ4n) is 1.92. The van der Waals surface area contributed by atoms with E-state index in [4.69, 9.17) is 5.73 Å². The summed E-state index contributed by atoms with van der Waals surface area (Å²) in [6.45, 7) is 12.5. The largest absolute Gasteiger partial charge is 0.365 e. The minimum atomic E-state index is -0.390. The number of hydrogen-bond acceptors (Lipinski definition) is 2. The number of rotatable bonds is 1. The van der Waals surface area contributed by atoms with Gasteiger partial charge in [0.05, 0.1) is 0 Å². The first-order chi connectivity index (χ1) is 10.9. The van der Waals surface area contributed by atoms with Gasteiger partial charge >= 0.3 is 0 Å². The second-order valence-corrected chi connectivity index (χ2v) is 7.73. The maximum Gasteiger partial charge on any atom is 0.254 e. The van der Waals surface area contributed by atoms with Crippen LogP contribution in [0.1, 0.15) is 57.5 Å². The lowest BCUT2D eigenvalue weighted by Gasteiger charge is -2.17. The van der Waals surface area contributed by atoms with Gasteiger partial charge in [0.25, 0.3) is 5.91 Å². The molecule has 0 radical (unpaired) electrons. The second kappa shape index (κ2) is 7.43. The summed E-state index contributed by atoms with van der Waals surface area (Å²) in [7, 11) is 0. The lowest BCUT2D eigenvalue weighted by Crippen LogP contribution is -2.50. The molecule has 2 aromatic heterocycles. The molecule has 0 spiro atoms. The van der Waals surface area contributed by atoms with Crippen molar-refractivity contribution in [1.29, 1.82) is 0 Å². The molecule has 0 aromatic carbocycles. The van der Waals surface area contributed by atoms with Gasteiger partial charge in [-0.25, -0.2) is 0 Å². The van der Waals surface area contributed by atoms with Gasteiger partial charge in [-0.3, -0.25) is 9.59 Å². The van der Waals surface area contributed by atoms with Crippen molar-refractivity contribution in [2.45, 2.75) is 52.5 Å². The normalized spacial score (nSPS) is 11.4. The van der Waals surface area contributed by atoms with Crippen molar-refractivity contribution >= 4 is 5.91 Å². The van der Waals surface area contributed by atoms with Crippen molar-refractivity contribution in [2.24, 2.45) is 5.73 Å². The van der Waals surface area contributed by atoms with Crippen LogP contribution in [0.3, 0.4) is 0 Å². The van der Waals surface area contributed by atoms with Crippen LogP contribution in [0.5, 0.6) is 0 Å². The molecular formula is C19H28N3O2+. The van der Waals surface area contributed by atoms with Crippen molar-refractivity contribution < 1.29 is 9.36 Å². The first-order valence-electron chi connectivity index (χ1n) is 7.92. The van der Waals surface area contributed by atoms with Gasteiger partial charge in [-0.1, -0.05) is 26.8 Å². The van der Waals surface area contributed by atoms with Crippen molar-refractivity contribution in [3.05, 3.63) is 64.3 Å². The standard InChI is InChI=1S/C10H14N2O.C9H13NO/c1-10(2,3)12-6-4-5-8(7-12)9(11)13;1-9(2,3)7-4-5-8(11)10-6-7/h4-7H,1-3H3,(H-,11,13);4-6H,1-3H3,(H,10,11)/p+1. The number of H-pyrrole nitrogens is 1. The Morgan fingerprint density at radius 2 is 1.71 bits per heavy atom. The molecule has 24 heavy (non-hydrogen) atoms. The highest BCUT2D eigenvalue weighted by atomic mass is 16.1. The second-order valence-electron chi connectivity index (χ2n) is 7.73. The molecule has 5 heteroatoms. The Kier molecular flexibility index (Phi) is 6.07. The minimum absolute atomic E-state index is 0.0224. The molecule has 0 aliphatic rings. The molecule has 5 nitrogen and oxygen atoms in total. The van der Waals surface area contributed by atoms with Crippen LogP contribution >= 0.6 is 0 Å². The van der Waals surface area contributed by atoms with Crippen LogP contribution in [-0.2, 0) is 11.0 Å². The summed E-state index contributed by atoms with van der Waals surface area (Å²) in [6.07, 6.45) is 5.46. The molecule has 2 heterocycles. The first kappa shape index (κ1) is 19.6. The highest BCUT2D eigenvalue weighted by molar-refractivity contribution is 5.92. The molecule has 0 aliphatic carbocycles. The molecule has 1 amide bonds. The van der Waals surface area contributed by atoms with Gasteiger partial charge in [-0.15, -0.1) is 0 Å². The Labute approximate surface area is 143 Å². The predicted molar refractivity (Wildman–Crippen MR) is 95.9 cm³/mol. The van der Waals surface area contributed by atoms with Crippen LogP contribution in [0.2, 0.25) is 0 Å². The van der Waals surface area contributed by atoms with Crippen molar-refractivity contribution in [2.75, 3.05) is 0 Å². The highest BCUT2D eigenvalue weighted by Crippen LogP contribution is 2.19. The third-order valence-corrected chi connectivity index (χ3v) is 3.51. The van der Waals surface area contributed by atoms with Crippen molar-refractivity contribution in [3.63, 3.8) is 0 Å². The Hall–Kier alpha value is -2.43. The molecule has 0 aliphatic heterocycles. The maximum absolute atomic E-state index is 10.9. The summed E-state index contributed by atoms with van der Waals surface area (Å²) < 4.78 is 1.97. The third-order valence-electron chi connectivity index (χ3n) is 3.51. The molecule has 3 N–H and O–H groups in total. The Bertz CT molecular complexity index is 730. The van der Waals surface area contributed by atoms with E-state index < -0.39 is 5.91 Å². The molecule has 2 rings (SSSR count). The Balaban J connectivity index is 0.000000243. The number of carbonyl (C=O) groups excluding carboxylic acids is 1. The number of primary amides is 1. The molecule has 0 fully saturated rings. The number of hydrogen-bond donors (Lipinski definition) is 2. The summed E-state index contributed by atoms with van der Waals surface area (Å²) in [5, 5.41) is 0. The molecule has 0 bridgehead atoms. The van der Waals surface area contributed by atoms with E-state index in [2.05, 4.69) is 46.5 Å². The molecule has 0 saturated carbocycles. The van der Waals surface area contributed by atoms with E-state index in [1.165, 1.54) is 0 Å². The third kappa shape index (κ3) is 5.99. The number of carbonyl (C=O) groups is 1. The number of nitrogens with zero attached hydrogens (tertiary/aromatic N) is 1. The summed E-state index contributed by atoms with van der Waals surface area (Å²) in [6, 6.07) is 6.95. The summed E-state index contributed by atoms with van der Waals surface area (Å²) in [4.78, 5) is 24.2. The number of pyridine rings is 2. The zero-order valence-corrected chi connectivity index (χ0v) is 15.4. The van der Waals surface area contributed by atoms with E-state index in [0.29, 0.717) is 5.56 Å². The van der Waals surface area contributed by atoms with Gasteiger partial charge in [0, 0.05) is 39.1 Å². The zero-order valence-electron chi connectivity index (χ0n) is 15.4. The number of nitrogens with two attached hydrogens (primary N) is 1. The minimum Gasteiger partial charge on any atom is -0.365 e. The zero-order chi connectivity index (χ0) is 18.5. The number of amides is 1. The summed E-state index contributed by atoms with van der Waals surface area (Å²) >= 11 is 0. The van der Waals surface area contributed by atoms with Crippen LogP contribution in [0.15, 0.2) is 47.7 Å².